The fourth-order valence-corrected chi connectivity index (χ4v) is 3.31. The van der Waals surface area contributed by atoms with Crippen molar-refractivity contribution in [2.75, 3.05) is 19.6 Å². The third-order valence-corrected chi connectivity index (χ3v) is 4.61. The summed E-state index contributed by atoms with van der Waals surface area (Å²) in [5.41, 5.74) is 1.86. The summed E-state index contributed by atoms with van der Waals surface area (Å²) < 4.78 is 31.6. The number of nitrogens with zero attached hydrogens (tertiary/aromatic N) is 4. The number of rotatable bonds is 6. The summed E-state index contributed by atoms with van der Waals surface area (Å²) in [5.74, 6) is 1.37. The Balaban J connectivity index is 1.70. The molecule has 0 aliphatic carbocycles. The minimum absolute atomic E-state index is 0.168. The molecule has 1 aromatic carbocycles. The first kappa shape index (κ1) is 19.1. The van der Waals surface area contributed by atoms with E-state index in [0.717, 1.165) is 32.0 Å². The number of aromatic nitrogens is 2. The van der Waals surface area contributed by atoms with E-state index in [1.165, 1.54) is 11.6 Å². The zero-order valence-corrected chi connectivity index (χ0v) is 15.6. The highest BCUT2D eigenvalue weighted by molar-refractivity contribution is 5.80. The zero-order chi connectivity index (χ0) is 19.2. The Morgan fingerprint density at radius 3 is 2.93 bits per heavy atom. The van der Waals surface area contributed by atoms with Crippen LogP contribution in [-0.4, -0.2) is 46.9 Å². The van der Waals surface area contributed by atoms with Crippen LogP contribution in [0, 0.1) is 0 Å². The summed E-state index contributed by atoms with van der Waals surface area (Å²) in [5, 5.41) is 7.55. The van der Waals surface area contributed by atoms with Crippen LogP contribution in [0.4, 0.5) is 8.78 Å². The lowest BCUT2D eigenvalue weighted by molar-refractivity contribution is -0.0504. The number of benzene rings is 1. The third kappa shape index (κ3) is 4.96. The Morgan fingerprint density at radius 1 is 1.41 bits per heavy atom. The van der Waals surface area contributed by atoms with E-state index < -0.39 is 6.61 Å². The maximum absolute atomic E-state index is 12.6. The number of aliphatic imine (C=N–C) groups is 1. The molecule has 0 bridgehead atoms. The lowest BCUT2D eigenvalue weighted by atomic mass is 10.0. The largest absolute Gasteiger partial charge is 0.434 e. The minimum atomic E-state index is -2.85. The van der Waals surface area contributed by atoms with Crippen molar-refractivity contribution in [3.63, 3.8) is 0 Å². The van der Waals surface area contributed by atoms with Crippen LogP contribution < -0.4 is 10.1 Å². The molecule has 3 rings (SSSR count). The molecule has 1 unspecified atom stereocenters. The van der Waals surface area contributed by atoms with E-state index in [0.29, 0.717) is 11.5 Å². The van der Waals surface area contributed by atoms with Crippen LogP contribution in [0.3, 0.4) is 0 Å². The number of likely N-dealkylation sites (tertiary alicyclic amines) is 1. The maximum atomic E-state index is 12.6. The van der Waals surface area contributed by atoms with Gasteiger partial charge >= 0.3 is 6.61 Å². The molecule has 1 fully saturated rings. The average molecular weight is 377 g/mol. The molecule has 0 saturated carbocycles. The van der Waals surface area contributed by atoms with Crippen molar-refractivity contribution in [1.29, 1.82) is 0 Å². The van der Waals surface area contributed by atoms with Crippen molar-refractivity contribution in [2.24, 2.45) is 12.0 Å². The molecule has 1 atom stereocenters. The number of para-hydroxylation sites is 1. The minimum Gasteiger partial charge on any atom is -0.434 e. The molecule has 1 aliphatic heterocycles. The molecule has 0 radical (unpaired) electrons. The molecule has 27 heavy (non-hydrogen) atoms. The van der Waals surface area contributed by atoms with Crippen LogP contribution >= 0.6 is 0 Å². The number of halogens is 2. The van der Waals surface area contributed by atoms with E-state index >= 15 is 0 Å². The van der Waals surface area contributed by atoms with Gasteiger partial charge in [-0.1, -0.05) is 18.2 Å². The number of nitrogens with one attached hydrogen (secondary N) is 1. The van der Waals surface area contributed by atoms with Crippen LogP contribution in [0.5, 0.6) is 5.75 Å². The van der Waals surface area contributed by atoms with Gasteiger partial charge in [0.2, 0.25) is 0 Å². The average Bonchev–Trinajstić information content (AvgIpc) is 3.28. The number of alkyl halides is 2. The molecule has 6 nitrogen and oxygen atoms in total. The quantitative estimate of drug-likeness (QED) is 0.621. The predicted octanol–water partition coefficient (Wildman–Crippen LogP) is 2.98. The highest BCUT2D eigenvalue weighted by atomic mass is 19.3. The van der Waals surface area contributed by atoms with Crippen LogP contribution in [0.1, 0.15) is 30.4 Å². The van der Waals surface area contributed by atoms with E-state index in [4.69, 9.17) is 0 Å². The SMILES string of the molecule is CCNC(=NCc1ccccc1OC(F)F)N1CCC(c2cnn(C)c2)C1. The highest BCUT2D eigenvalue weighted by Crippen LogP contribution is 2.27. The predicted molar refractivity (Wildman–Crippen MR) is 100 cm³/mol. The molecule has 1 aliphatic rings. The van der Waals surface area contributed by atoms with Gasteiger partial charge in [0, 0.05) is 44.4 Å². The molecular weight excluding hydrogens is 352 g/mol. The third-order valence-electron chi connectivity index (χ3n) is 4.61. The van der Waals surface area contributed by atoms with Gasteiger partial charge in [-0.2, -0.15) is 13.9 Å². The topological polar surface area (TPSA) is 54.7 Å². The molecule has 1 saturated heterocycles. The molecule has 2 aromatic rings. The van der Waals surface area contributed by atoms with Crippen molar-refractivity contribution >= 4 is 5.96 Å². The van der Waals surface area contributed by atoms with Gasteiger partial charge in [0.15, 0.2) is 5.96 Å². The Morgan fingerprint density at radius 2 is 2.22 bits per heavy atom. The van der Waals surface area contributed by atoms with Crippen molar-refractivity contribution in [2.45, 2.75) is 32.4 Å². The number of guanidine groups is 1. The van der Waals surface area contributed by atoms with Gasteiger partial charge in [0.05, 0.1) is 12.7 Å². The van der Waals surface area contributed by atoms with Gasteiger partial charge in [-0.3, -0.25) is 4.68 Å². The van der Waals surface area contributed by atoms with Crippen LogP contribution in [0.15, 0.2) is 41.7 Å². The lowest BCUT2D eigenvalue weighted by Gasteiger charge is -2.21. The summed E-state index contributed by atoms with van der Waals surface area (Å²) >= 11 is 0. The number of aryl methyl sites for hydroxylation is 1. The van der Waals surface area contributed by atoms with E-state index in [2.05, 4.69) is 31.2 Å². The Hall–Kier alpha value is -2.64. The molecule has 0 amide bonds. The second-order valence-corrected chi connectivity index (χ2v) is 6.54. The molecule has 0 spiro atoms. The Kier molecular flexibility index (Phi) is 6.26. The number of hydrogen-bond donors (Lipinski definition) is 1. The summed E-state index contributed by atoms with van der Waals surface area (Å²) in [7, 11) is 1.92. The Labute approximate surface area is 157 Å². The fraction of sp³-hybridized carbons (Fsp3) is 0.474. The molecule has 1 aromatic heterocycles. The smallest absolute Gasteiger partial charge is 0.387 e. The van der Waals surface area contributed by atoms with Crippen molar-refractivity contribution < 1.29 is 13.5 Å². The summed E-state index contributed by atoms with van der Waals surface area (Å²) in [4.78, 5) is 6.86. The zero-order valence-electron chi connectivity index (χ0n) is 15.6. The molecule has 1 N–H and O–H groups in total. The van der Waals surface area contributed by atoms with E-state index in [9.17, 15) is 8.78 Å². The van der Waals surface area contributed by atoms with Crippen LogP contribution in [0.2, 0.25) is 0 Å². The summed E-state index contributed by atoms with van der Waals surface area (Å²) in [6, 6.07) is 6.77. The van der Waals surface area contributed by atoms with Crippen LogP contribution in [0.25, 0.3) is 0 Å². The van der Waals surface area contributed by atoms with Crippen molar-refractivity contribution in [3.8, 4) is 5.75 Å². The van der Waals surface area contributed by atoms with E-state index in [1.54, 1.807) is 18.2 Å². The number of ether oxygens (including phenoxy) is 1. The van der Waals surface area contributed by atoms with E-state index in [-0.39, 0.29) is 12.3 Å². The monoisotopic (exact) mass is 377 g/mol. The highest BCUT2D eigenvalue weighted by Gasteiger charge is 2.27. The van der Waals surface area contributed by atoms with Gasteiger partial charge < -0.3 is 15.0 Å². The lowest BCUT2D eigenvalue weighted by Crippen LogP contribution is -2.40. The van der Waals surface area contributed by atoms with Gasteiger partial charge in [0.1, 0.15) is 5.75 Å². The molecule has 146 valence electrons. The first-order valence-electron chi connectivity index (χ1n) is 9.11. The summed E-state index contributed by atoms with van der Waals surface area (Å²) in [6.45, 7) is 1.93. The van der Waals surface area contributed by atoms with Gasteiger partial charge in [0.25, 0.3) is 0 Å². The normalized spacial score (nSPS) is 17.6. The maximum Gasteiger partial charge on any atom is 0.387 e. The van der Waals surface area contributed by atoms with Gasteiger partial charge in [-0.15, -0.1) is 0 Å². The second kappa shape index (κ2) is 8.83. The van der Waals surface area contributed by atoms with Crippen molar-refractivity contribution in [1.82, 2.24) is 20.0 Å². The van der Waals surface area contributed by atoms with Gasteiger partial charge in [-0.05, 0) is 25.0 Å². The van der Waals surface area contributed by atoms with Crippen molar-refractivity contribution in [3.05, 3.63) is 47.8 Å². The first-order valence-corrected chi connectivity index (χ1v) is 9.11. The first-order chi connectivity index (χ1) is 13.1. The fourth-order valence-electron chi connectivity index (χ4n) is 3.31. The standard InChI is InChI=1S/C19H25F2N5O/c1-3-22-19(23-10-14-6-4-5-7-17(14)27-18(20)21)26-9-8-15(13-26)16-11-24-25(2)12-16/h4-7,11-12,15,18H,3,8-10,13H2,1-2H3,(H,22,23). The Bertz CT molecular complexity index is 777. The number of hydrogen-bond acceptors (Lipinski definition) is 3. The van der Waals surface area contributed by atoms with Crippen LogP contribution in [-0.2, 0) is 13.6 Å². The van der Waals surface area contributed by atoms with E-state index in [1.807, 2.05) is 24.9 Å². The molecular formula is C19H25F2N5O. The van der Waals surface area contributed by atoms with Gasteiger partial charge in [-0.25, -0.2) is 4.99 Å². The summed E-state index contributed by atoms with van der Waals surface area (Å²) in [6.07, 6.45) is 4.99. The molecule has 8 heteroatoms. The second-order valence-electron chi connectivity index (χ2n) is 6.54. The molecule has 2 heterocycles.